The summed E-state index contributed by atoms with van der Waals surface area (Å²) in [5, 5.41) is 9.29. The quantitative estimate of drug-likeness (QED) is 0.496. The highest BCUT2D eigenvalue weighted by molar-refractivity contribution is 5.97. The number of carbonyl (C=O) groups excluding carboxylic acids is 2. The smallest absolute Gasteiger partial charge is 0.325 e. The summed E-state index contributed by atoms with van der Waals surface area (Å²) < 4.78 is 0. The van der Waals surface area contributed by atoms with Gasteiger partial charge in [0.05, 0.1) is 18.7 Å². The van der Waals surface area contributed by atoms with Crippen LogP contribution >= 0.6 is 0 Å². The zero-order valence-electron chi connectivity index (χ0n) is 23.8. The minimum Gasteiger partial charge on any atom is -0.395 e. The molecule has 0 radical (unpaired) electrons. The van der Waals surface area contributed by atoms with Crippen molar-refractivity contribution in [2.24, 2.45) is 5.92 Å². The molecular formula is C32H44N4O3. The van der Waals surface area contributed by atoms with Crippen LogP contribution in [0.2, 0.25) is 0 Å². The number of hydrogen-bond donors (Lipinski definition) is 1. The number of aliphatic hydroxyl groups is 1. The van der Waals surface area contributed by atoms with Gasteiger partial charge < -0.3 is 14.9 Å². The molecule has 0 atom stereocenters. The van der Waals surface area contributed by atoms with Crippen LogP contribution < -0.4 is 4.90 Å². The van der Waals surface area contributed by atoms with Gasteiger partial charge in [0, 0.05) is 36.4 Å². The molecule has 0 unspecified atom stereocenters. The van der Waals surface area contributed by atoms with Crippen molar-refractivity contribution in [3.8, 4) is 0 Å². The number of rotatable bonds is 9. The molecule has 3 amide bonds. The van der Waals surface area contributed by atoms with Crippen molar-refractivity contribution < 1.29 is 14.7 Å². The molecule has 0 aromatic heterocycles. The summed E-state index contributed by atoms with van der Waals surface area (Å²) in [5.74, 6) is 0.508. The van der Waals surface area contributed by atoms with Gasteiger partial charge in [-0.2, -0.15) is 0 Å². The molecule has 2 aliphatic carbocycles. The molecule has 39 heavy (non-hydrogen) atoms. The predicted octanol–water partition coefficient (Wildman–Crippen LogP) is 4.95. The summed E-state index contributed by atoms with van der Waals surface area (Å²) in [4.78, 5) is 35.1. The van der Waals surface area contributed by atoms with Gasteiger partial charge in [-0.25, -0.2) is 4.79 Å². The maximum Gasteiger partial charge on any atom is 0.325 e. The molecule has 2 saturated carbocycles. The number of nitrogens with zero attached hydrogens (tertiary/aromatic N) is 4. The van der Waals surface area contributed by atoms with Crippen LogP contribution in [0.4, 0.5) is 10.5 Å². The van der Waals surface area contributed by atoms with E-state index in [0.29, 0.717) is 31.1 Å². The Morgan fingerprint density at radius 1 is 1.00 bits per heavy atom. The van der Waals surface area contributed by atoms with Crippen LogP contribution in [0.25, 0.3) is 0 Å². The molecule has 5 rings (SSSR count). The molecule has 1 heterocycles. The van der Waals surface area contributed by atoms with Gasteiger partial charge >= 0.3 is 6.03 Å². The minimum absolute atomic E-state index is 0.0210. The first kappa shape index (κ1) is 27.7. The summed E-state index contributed by atoms with van der Waals surface area (Å²) in [7, 11) is 4.37. The third kappa shape index (κ3) is 5.07. The van der Waals surface area contributed by atoms with E-state index in [1.165, 1.54) is 24.8 Å². The van der Waals surface area contributed by atoms with E-state index in [1.807, 2.05) is 36.1 Å². The number of hydrogen-bond acceptors (Lipinski definition) is 4. The minimum atomic E-state index is -0.171. The van der Waals surface area contributed by atoms with Crippen LogP contribution in [0.15, 0.2) is 54.6 Å². The second-order valence-corrected chi connectivity index (χ2v) is 11.9. The van der Waals surface area contributed by atoms with Crippen molar-refractivity contribution in [1.29, 1.82) is 0 Å². The molecule has 1 aliphatic heterocycles. The molecule has 7 heteroatoms. The highest BCUT2D eigenvalue weighted by atomic mass is 16.3. The van der Waals surface area contributed by atoms with E-state index in [1.54, 1.807) is 4.90 Å². The number of anilines is 1. The van der Waals surface area contributed by atoms with E-state index in [-0.39, 0.29) is 29.6 Å². The van der Waals surface area contributed by atoms with E-state index >= 15 is 0 Å². The van der Waals surface area contributed by atoms with E-state index in [2.05, 4.69) is 54.2 Å². The molecule has 210 valence electrons. The molecule has 3 fully saturated rings. The van der Waals surface area contributed by atoms with Gasteiger partial charge in [0.2, 0.25) is 0 Å². The second kappa shape index (κ2) is 11.3. The Hall–Kier alpha value is -2.90. The van der Waals surface area contributed by atoms with E-state index < -0.39 is 0 Å². The molecule has 0 bridgehead atoms. The molecular weight excluding hydrogens is 488 g/mol. The Labute approximate surface area is 233 Å². The normalized spacial score (nSPS) is 25.4. The monoisotopic (exact) mass is 532 g/mol. The lowest BCUT2D eigenvalue weighted by Crippen LogP contribution is -2.56. The lowest BCUT2D eigenvalue weighted by molar-refractivity contribution is 0.0172. The number of amides is 3. The number of aliphatic hydroxyl groups excluding tert-OH is 1. The SMILES string of the molecule is CCN(CCO)C(=O)c1ccc(N2CC3(CCC(c4ccccc4)(N(C)C)CC3)N(CC3CCC3)C2=O)cc1. The summed E-state index contributed by atoms with van der Waals surface area (Å²) in [5.41, 5.74) is 2.60. The maximum atomic E-state index is 14.0. The zero-order chi connectivity index (χ0) is 27.6. The lowest BCUT2D eigenvalue weighted by Gasteiger charge is -2.51. The predicted molar refractivity (Wildman–Crippen MR) is 155 cm³/mol. The molecule has 2 aromatic carbocycles. The van der Waals surface area contributed by atoms with E-state index in [0.717, 1.165) is 37.9 Å². The van der Waals surface area contributed by atoms with Crippen molar-refractivity contribution >= 4 is 17.6 Å². The van der Waals surface area contributed by atoms with Crippen LogP contribution in [-0.4, -0.2) is 84.2 Å². The third-order valence-electron chi connectivity index (χ3n) is 9.79. The number of benzene rings is 2. The highest BCUT2D eigenvalue weighted by Crippen LogP contribution is 2.50. The lowest BCUT2D eigenvalue weighted by atomic mass is 9.68. The molecule has 7 nitrogen and oxygen atoms in total. The Bertz CT molecular complexity index is 1140. The Morgan fingerprint density at radius 3 is 2.21 bits per heavy atom. The standard InChI is InChI=1S/C32H44N4O3/c1-4-34(21-22-37)29(38)26-13-15-28(16-14-26)35-24-31(36(30(35)39)23-25-9-8-10-25)17-19-32(20-18-31,33(2)3)27-11-6-5-7-12-27/h5-7,11-16,25,37H,4,8-10,17-24H2,1-3H3. The van der Waals surface area contributed by atoms with Crippen LogP contribution in [-0.2, 0) is 5.54 Å². The largest absolute Gasteiger partial charge is 0.395 e. The molecule has 1 N–H and O–H groups in total. The van der Waals surface area contributed by atoms with Crippen LogP contribution in [0.5, 0.6) is 0 Å². The fraction of sp³-hybridized carbons (Fsp3) is 0.562. The Morgan fingerprint density at radius 2 is 1.67 bits per heavy atom. The van der Waals surface area contributed by atoms with Gasteiger partial charge in [0.15, 0.2) is 0 Å². The molecule has 3 aliphatic rings. The fourth-order valence-corrected chi connectivity index (χ4v) is 6.99. The van der Waals surface area contributed by atoms with E-state index in [9.17, 15) is 14.7 Å². The van der Waals surface area contributed by atoms with Gasteiger partial charge in [-0.15, -0.1) is 0 Å². The highest BCUT2D eigenvalue weighted by Gasteiger charge is 2.55. The topological polar surface area (TPSA) is 67.3 Å². The maximum absolute atomic E-state index is 14.0. The summed E-state index contributed by atoms with van der Waals surface area (Å²) in [6, 6.07) is 18.4. The van der Waals surface area contributed by atoms with Gasteiger partial charge in [0.1, 0.15) is 0 Å². The first-order valence-corrected chi connectivity index (χ1v) is 14.7. The Kier molecular flexibility index (Phi) is 8.01. The van der Waals surface area contributed by atoms with Gasteiger partial charge in [-0.05, 0) is 95.3 Å². The van der Waals surface area contributed by atoms with Crippen LogP contribution in [0.1, 0.15) is 67.8 Å². The van der Waals surface area contributed by atoms with Gasteiger partial charge in [-0.3, -0.25) is 14.6 Å². The number of likely N-dealkylation sites (N-methyl/N-ethyl adjacent to an activating group) is 1. The number of carbonyl (C=O) groups is 2. The summed E-state index contributed by atoms with van der Waals surface area (Å²) in [6.07, 6.45) is 7.65. The van der Waals surface area contributed by atoms with Crippen molar-refractivity contribution in [2.45, 2.75) is 62.9 Å². The van der Waals surface area contributed by atoms with Crippen LogP contribution in [0, 0.1) is 5.92 Å². The van der Waals surface area contributed by atoms with E-state index in [4.69, 9.17) is 0 Å². The first-order valence-electron chi connectivity index (χ1n) is 14.7. The van der Waals surface area contributed by atoms with Crippen LogP contribution in [0.3, 0.4) is 0 Å². The first-order chi connectivity index (χ1) is 18.8. The molecule has 1 saturated heterocycles. The third-order valence-corrected chi connectivity index (χ3v) is 9.79. The van der Waals surface area contributed by atoms with Crippen molar-refractivity contribution in [3.63, 3.8) is 0 Å². The zero-order valence-corrected chi connectivity index (χ0v) is 23.8. The van der Waals surface area contributed by atoms with Gasteiger partial charge in [0.25, 0.3) is 5.91 Å². The average molecular weight is 533 g/mol. The fourth-order valence-electron chi connectivity index (χ4n) is 6.99. The second-order valence-electron chi connectivity index (χ2n) is 11.9. The van der Waals surface area contributed by atoms with Crippen molar-refractivity contribution in [1.82, 2.24) is 14.7 Å². The van der Waals surface area contributed by atoms with Crippen molar-refractivity contribution in [2.75, 3.05) is 51.8 Å². The molecule has 2 aromatic rings. The van der Waals surface area contributed by atoms with Gasteiger partial charge in [-0.1, -0.05) is 36.8 Å². The number of urea groups is 1. The van der Waals surface area contributed by atoms with Crippen molar-refractivity contribution in [3.05, 3.63) is 65.7 Å². The average Bonchev–Trinajstić information content (AvgIpc) is 3.20. The summed E-state index contributed by atoms with van der Waals surface area (Å²) in [6.45, 7) is 4.25. The molecule has 1 spiro atoms. The Balaban J connectivity index is 1.39. The summed E-state index contributed by atoms with van der Waals surface area (Å²) >= 11 is 0.